The Labute approximate surface area is 175 Å². The van der Waals surface area contributed by atoms with Crippen molar-refractivity contribution in [1.29, 1.82) is 0 Å². The van der Waals surface area contributed by atoms with Crippen molar-refractivity contribution in [2.45, 2.75) is 13.3 Å². The highest BCUT2D eigenvalue weighted by atomic mass is 35.5. The summed E-state index contributed by atoms with van der Waals surface area (Å²) in [6.45, 7) is 4.19. The van der Waals surface area contributed by atoms with Crippen molar-refractivity contribution in [3.05, 3.63) is 65.2 Å². The number of carbonyl (C=O) groups excluding carboxylic acids is 2. The van der Waals surface area contributed by atoms with Crippen LogP contribution in [0.3, 0.4) is 0 Å². The third kappa shape index (κ3) is 5.37. The van der Waals surface area contributed by atoms with Gasteiger partial charge in [-0.3, -0.25) is 4.79 Å². The van der Waals surface area contributed by atoms with Crippen molar-refractivity contribution in [3.63, 3.8) is 0 Å². The van der Waals surface area contributed by atoms with E-state index < -0.39 is 0 Å². The molecule has 3 rings (SSSR count). The Bertz CT molecular complexity index is 914. The van der Waals surface area contributed by atoms with Crippen LogP contribution in [0.4, 0.5) is 17.1 Å². The van der Waals surface area contributed by atoms with Gasteiger partial charge in [0.05, 0.1) is 29.2 Å². The summed E-state index contributed by atoms with van der Waals surface area (Å²) < 4.78 is 4.84. The number of hydrogen-bond acceptors (Lipinski definition) is 5. The van der Waals surface area contributed by atoms with Crippen LogP contribution in [0.15, 0.2) is 54.6 Å². The largest absolute Gasteiger partial charge is 0.463 e. The molecule has 0 bridgehead atoms. The zero-order valence-electron chi connectivity index (χ0n) is 16.3. The summed E-state index contributed by atoms with van der Waals surface area (Å²) >= 11 is 6.23. The highest BCUT2D eigenvalue weighted by Gasteiger charge is 2.24. The van der Waals surface area contributed by atoms with Gasteiger partial charge in [0, 0.05) is 24.2 Å². The summed E-state index contributed by atoms with van der Waals surface area (Å²) in [7, 11) is 0. The minimum atomic E-state index is -0.332. The molecule has 1 aliphatic heterocycles. The van der Waals surface area contributed by atoms with E-state index in [1.807, 2.05) is 36.4 Å². The summed E-state index contributed by atoms with van der Waals surface area (Å²) in [4.78, 5) is 26.0. The average molecular weight is 414 g/mol. The van der Waals surface area contributed by atoms with Crippen molar-refractivity contribution in [2.75, 3.05) is 36.5 Å². The molecule has 0 aromatic heterocycles. The highest BCUT2D eigenvalue weighted by Crippen LogP contribution is 2.39. The number of nitrogens with zero attached hydrogens (tertiary/aromatic N) is 1. The average Bonchev–Trinajstić information content (AvgIpc) is 2.82. The van der Waals surface area contributed by atoms with E-state index in [4.69, 9.17) is 16.3 Å². The predicted molar refractivity (Wildman–Crippen MR) is 116 cm³/mol. The molecule has 0 saturated heterocycles. The van der Waals surface area contributed by atoms with Crippen LogP contribution in [-0.4, -0.2) is 38.1 Å². The number of para-hydroxylation sites is 1. The number of benzene rings is 2. The molecule has 0 radical (unpaired) electrons. The molecule has 0 unspecified atom stereocenters. The van der Waals surface area contributed by atoms with Crippen molar-refractivity contribution in [3.8, 4) is 0 Å². The molecule has 0 aliphatic carbocycles. The van der Waals surface area contributed by atoms with E-state index in [0.717, 1.165) is 30.0 Å². The van der Waals surface area contributed by atoms with E-state index in [1.54, 1.807) is 19.1 Å². The Morgan fingerprint density at radius 2 is 2.07 bits per heavy atom. The van der Waals surface area contributed by atoms with Crippen molar-refractivity contribution < 1.29 is 14.3 Å². The van der Waals surface area contributed by atoms with E-state index in [1.165, 1.54) is 6.08 Å². The van der Waals surface area contributed by atoms with Crippen LogP contribution < -0.4 is 15.5 Å². The first-order valence-electron chi connectivity index (χ1n) is 9.61. The monoisotopic (exact) mass is 413 g/mol. The predicted octanol–water partition coefficient (Wildman–Crippen LogP) is 4.14. The molecule has 2 N–H and O–H groups in total. The SMILES string of the molecule is CCOC(=O)/C=C/CNCCCN1c2cc(Cl)ccc2NC(=O)c2ccccc21. The summed E-state index contributed by atoms with van der Waals surface area (Å²) in [5, 5.41) is 6.86. The molecule has 0 spiro atoms. The lowest BCUT2D eigenvalue weighted by molar-refractivity contribution is -0.137. The number of nitrogens with one attached hydrogen (secondary N) is 2. The normalized spacial score (nSPS) is 12.9. The summed E-state index contributed by atoms with van der Waals surface area (Å²) in [5.74, 6) is -0.463. The lowest BCUT2D eigenvalue weighted by Gasteiger charge is -2.26. The second-order valence-electron chi connectivity index (χ2n) is 6.50. The molecule has 0 saturated carbocycles. The number of halogens is 1. The Hall–Kier alpha value is -2.83. The Morgan fingerprint density at radius 3 is 2.90 bits per heavy atom. The van der Waals surface area contributed by atoms with E-state index in [2.05, 4.69) is 15.5 Å². The molecule has 2 aromatic rings. The first-order valence-corrected chi connectivity index (χ1v) is 9.99. The number of rotatable bonds is 8. The van der Waals surface area contributed by atoms with Crippen LogP contribution in [0.2, 0.25) is 5.02 Å². The highest BCUT2D eigenvalue weighted by molar-refractivity contribution is 6.31. The molecule has 0 atom stereocenters. The van der Waals surface area contributed by atoms with Crippen molar-refractivity contribution >= 4 is 40.5 Å². The maximum atomic E-state index is 12.6. The second-order valence-corrected chi connectivity index (χ2v) is 6.93. The lowest BCUT2D eigenvalue weighted by atomic mass is 10.1. The summed E-state index contributed by atoms with van der Waals surface area (Å²) in [6, 6.07) is 13.0. The first kappa shape index (κ1) is 20.9. The molecule has 0 fully saturated rings. The van der Waals surface area contributed by atoms with Gasteiger partial charge in [0.25, 0.3) is 5.91 Å². The van der Waals surface area contributed by atoms with Gasteiger partial charge in [-0.15, -0.1) is 0 Å². The molecule has 1 aliphatic rings. The minimum Gasteiger partial charge on any atom is -0.463 e. The molecule has 1 amide bonds. The number of hydrogen-bond donors (Lipinski definition) is 2. The number of amides is 1. The van der Waals surface area contributed by atoms with Gasteiger partial charge in [-0.1, -0.05) is 29.8 Å². The molecule has 7 heteroatoms. The van der Waals surface area contributed by atoms with Crippen LogP contribution in [0.25, 0.3) is 0 Å². The Morgan fingerprint density at radius 1 is 1.24 bits per heavy atom. The van der Waals surface area contributed by atoms with Crippen LogP contribution in [0.1, 0.15) is 23.7 Å². The van der Waals surface area contributed by atoms with Gasteiger partial charge in [0.2, 0.25) is 0 Å². The molecular formula is C22H24ClN3O3. The molecular weight excluding hydrogens is 390 g/mol. The third-order valence-electron chi connectivity index (χ3n) is 4.48. The van der Waals surface area contributed by atoms with Gasteiger partial charge in [0.15, 0.2) is 0 Å². The molecule has 29 heavy (non-hydrogen) atoms. The zero-order chi connectivity index (χ0) is 20.6. The van der Waals surface area contributed by atoms with Gasteiger partial charge in [-0.05, 0) is 50.2 Å². The molecule has 152 valence electrons. The van der Waals surface area contributed by atoms with E-state index in [9.17, 15) is 9.59 Å². The number of fused-ring (bicyclic) bond motifs is 2. The van der Waals surface area contributed by atoms with E-state index >= 15 is 0 Å². The molecule has 1 heterocycles. The second kappa shape index (κ2) is 10.1. The lowest BCUT2D eigenvalue weighted by Crippen LogP contribution is -2.24. The summed E-state index contributed by atoms with van der Waals surface area (Å²) in [5.41, 5.74) is 3.09. The van der Waals surface area contributed by atoms with E-state index in [0.29, 0.717) is 30.3 Å². The fraction of sp³-hybridized carbons (Fsp3) is 0.273. The quantitative estimate of drug-likeness (QED) is 0.386. The minimum absolute atomic E-state index is 0.131. The zero-order valence-corrected chi connectivity index (χ0v) is 17.0. The van der Waals surface area contributed by atoms with Gasteiger partial charge in [-0.2, -0.15) is 0 Å². The summed E-state index contributed by atoms with van der Waals surface area (Å²) in [6.07, 6.45) is 4.01. The Kier molecular flexibility index (Phi) is 7.27. The standard InChI is InChI=1S/C22H24ClN3O3/c1-2-29-21(27)9-5-12-24-13-6-14-26-19-8-4-3-7-17(19)22(28)25-18-11-10-16(23)15-20(18)26/h3-5,7-11,15,24H,2,6,12-14H2,1H3,(H,25,28)/b9-5+. The van der Waals surface area contributed by atoms with Crippen molar-refractivity contribution in [1.82, 2.24) is 5.32 Å². The number of carbonyl (C=O) groups is 2. The maximum absolute atomic E-state index is 12.6. The smallest absolute Gasteiger partial charge is 0.330 e. The Balaban J connectivity index is 1.67. The fourth-order valence-electron chi connectivity index (χ4n) is 3.19. The van der Waals surface area contributed by atoms with Gasteiger partial charge >= 0.3 is 5.97 Å². The fourth-order valence-corrected chi connectivity index (χ4v) is 3.35. The van der Waals surface area contributed by atoms with Crippen molar-refractivity contribution in [2.24, 2.45) is 0 Å². The van der Waals surface area contributed by atoms with Gasteiger partial charge in [0.1, 0.15) is 0 Å². The van der Waals surface area contributed by atoms with Crippen LogP contribution in [0.5, 0.6) is 0 Å². The van der Waals surface area contributed by atoms with Gasteiger partial charge in [-0.25, -0.2) is 4.79 Å². The first-order chi connectivity index (χ1) is 14.1. The number of esters is 1. The third-order valence-corrected chi connectivity index (χ3v) is 4.71. The van der Waals surface area contributed by atoms with Gasteiger partial charge < -0.3 is 20.3 Å². The number of anilines is 3. The molecule has 6 nitrogen and oxygen atoms in total. The maximum Gasteiger partial charge on any atom is 0.330 e. The van der Waals surface area contributed by atoms with Crippen LogP contribution >= 0.6 is 11.6 Å². The molecule has 2 aromatic carbocycles. The van der Waals surface area contributed by atoms with Crippen LogP contribution in [-0.2, 0) is 9.53 Å². The van der Waals surface area contributed by atoms with E-state index in [-0.39, 0.29) is 11.9 Å². The number of ether oxygens (including phenoxy) is 1. The van der Waals surface area contributed by atoms with Crippen LogP contribution in [0, 0.1) is 0 Å². The topological polar surface area (TPSA) is 70.7 Å².